The number of nitrogens with one attached hydrogen (secondary N) is 1. The first kappa shape index (κ1) is 19.0. The number of amides is 2. The lowest BCUT2D eigenvalue weighted by atomic mass is 10.1. The van der Waals surface area contributed by atoms with Crippen LogP contribution in [0.25, 0.3) is 0 Å². The molecular weight excluding hydrogens is 378 g/mol. The van der Waals surface area contributed by atoms with Crippen molar-refractivity contribution in [2.75, 3.05) is 38.2 Å². The van der Waals surface area contributed by atoms with Crippen LogP contribution in [0.2, 0.25) is 0 Å². The number of nitrogens with zero attached hydrogens (tertiary/aromatic N) is 4. The Kier molecular flexibility index (Phi) is 5.94. The van der Waals surface area contributed by atoms with Gasteiger partial charge < -0.3 is 9.64 Å². The average molecular weight is 401 g/mol. The van der Waals surface area contributed by atoms with Crippen molar-refractivity contribution >= 4 is 28.3 Å². The highest BCUT2D eigenvalue weighted by Gasteiger charge is 2.33. The molecule has 1 atom stereocenters. The predicted octanol–water partition coefficient (Wildman–Crippen LogP) is 1.67. The summed E-state index contributed by atoms with van der Waals surface area (Å²) in [5.41, 5.74) is 1.90. The number of likely N-dealkylation sites (tertiary alicyclic amines) is 1. The monoisotopic (exact) mass is 401 g/mol. The van der Waals surface area contributed by atoms with Gasteiger partial charge in [-0.3, -0.25) is 24.8 Å². The van der Waals surface area contributed by atoms with Crippen LogP contribution in [0.3, 0.4) is 0 Å². The molecule has 0 saturated carbocycles. The van der Waals surface area contributed by atoms with Gasteiger partial charge in [0.25, 0.3) is 0 Å². The zero-order chi connectivity index (χ0) is 19.3. The minimum Gasteiger partial charge on any atom is -0.379 e. The fourth-order valence-electron chi connectivity index (χ4n) is 3.65. The highest BCUT2D eigenvalue weighted by molar-refractivity contribution is 7.14. The fourth-order valence-corrected chi connectivity index (χ4v) is 4.34. The van der Waals surface area contributed by atoms with Gasteiger partial charge in [0.05, 0.1) is 24.9 Å². The molecule has 9 heteroatoms. The van der Waals surface area contributed by atoms with Crippen LogP contribution in [0.4, 0.5) is 5.13 Å². The van der Waals surface area contributed by atoms with Gasteiger partial charge in [-0.1, -0.05) is 0 Å². The number of morpholine rings is 1. The molecule has 2 fully saturated rings. The zero-order valence-corrected chi connectivity index (χ0v) is 16.4. The van der Waals surface area contributed by atoms with Crippen LogP contribution in [0, 0.1) is 0 Å². The maximum Gasteiger partial charge on any atom is 0.315 e. The van der Waals surface area contributed by atoms with Crippen LogP contribution in [0.5, 0.6) is 0 Å². The van der Waals surface area contributed by atoms with E-state index >= 15 is 0 Å². The zero-order valence-electron chi connectivity index (χ0n) is 15.5. The Labute approximate surface area is 167 Å². The van der Waals surface area contributed by atoms with E-state index in [1.165, 1.54) is 11.3 Å². The van der Waals surface area contributed by atoms with Crippen molar-refractivity contribution in [3.63, 3.8) is 0 Å². The summed E-state index contributed by atoms with van der Waals surface area (Å²) in [6.45, 7) is 4.53. The van der Waals surface area contributed by atoms with Gasteiger partial charge in [0.2, 0.25) is 0 Å². The number of carbonyl (C=O) groups is 2. The summed E-state index contributed by atoms with van der Waals surface area (Å²) in [5, 5.41) is 5.05. The summed E-state index contributed by atoms with van der Waals surface area (Å²) in [6.07, 6.45) is 5.15. The summed E-state index contributed by atoms with van der Waals surface area (Å²) >= 11 is 1.34. The third-order valence-electron chi connectivity index (χ3n) is 5.06. The molecule has 2 saturated heterocycles. The molecule has 2 aliphatic heterocycles. The molecule has 1 unspecified atom stereocenters. The Morgan fingerprint density at radius 3 is 2.79 bits per heavy atom. The van der Waals surface area contributed by atoms with E-state index in [1.54, 1.807) is 17.3 Å². The number of hydrogen-bond donors (Lipinski definition) is 1. The lowest BCUT2D eigenvalue weighted by Gasteiger charge is -2.25. The van der Waals surface area contributed by atoms with Gasteiger partial charge in [-0.05, 0) is 30.5 Å². The van der Waals surface area contributed by atoms with Crippen molar-refractivity contribution in [3.8, 4) is 0 Å². The molecule has 4 heterocycles. The molecule has 28 heavy (non-hydrogen) atoms. The quantitative estimate of drug-likeness (QED) is 0.785. The first-order valence-corrected chi connectivity index (χ1v) is 10.3. The molecular formula is C19H23N5O3S. The second kappa shape index (κ2) is 8.76. The smallest absolute Gasteiger partial charge is 0.315 e. The van der Waals surface area contributed by atoms with Gasteiger partial charge >= 0.3 is 11.8 Å². The summed E-state index contributed by atoms with van der Waals surface area (Å²) in [5.74, 6) is -1.14. The number of anilines is 1. The number of carbonyl (C=O) groups excluding carboxylic acids is 2. The summed E-state index contributed by atoms with van der Waals surface area (Å²) in [7, 11) is 0. The van der Waals surface area contributed by atoms with E-state index in [1.807, 2.05) is 17.5 Å². The van der Waals surface area contributed by atoms with Crippen molar-refractivity contribution in [2.45, 2.75) is 25.4 Å². The third-order valence-corrected chi connectivity index (χ3v) is 5.87. The number of pyridine rings is 1. The van der Waals surface area contributed by atoms with E-state index in [-0.39, 0.29) is 6.04 Å². The van der Waals surface area contributed by atoms with Crippen LogP contribution >= 0.6 is 11.3 Å². The van der Waals surface area contributed by atoms with Gasteiger partial charge in [0, 0.05) is 44.0 Å². The number of aromatic nitrogens is 2. The second-order valence-corrected chi connectivity index (χ2v) is 7.78. The minimum absolute atomic E-state index is 0.0746. The van der Waals surface area contributed by atoms with Crippen LogP contribution in [-0.4, -0.2) is 64.4 Å². The highest BCUT2D eigenvalue weighted by atomic mass is 32.1. The van der Waals surface area contributed by atoms with Crippen molar-refractivity contribution < 1.29 is 14.3 Å². The molecule has 0 radical (unpaired) electrons. The van der Waals surface area contributed by atoms with Crippen LogP contribution in [-0.2, 0) is 20.9 Å². The van der Waals surface area contributed by atoms with Crippen LogP contribution in [0.15, 0.2) is 29.9 Å². The maximum absolute atomic E-state index is 12.7. The van der Waals surface area contributed by atoms with Crippen LogP contribution < -0.4 is 5.32 Å². The summed E-state index contributed by atoms with van der Waals surface area (Å²) < 4.78 is 5.35. The molecule has 2 amide bonds. The number of ether oxygens (including phenoxy) is 1. The maximum atomic E-state index is 12.7. The van der Waals surface area contributed by atoms with Crippen molar-refractivity contribution in [1.82, 2.24) is 19.8 Å². The first-order chi connectivity index (χ1) is 13.7. The van der Waals surface area contributed by atoms with E-state index < -0.39 is 11.8 Å². The highest BCUT2D eigenvalue weighted by Crippen LogP contribution is 2.31. The predicted molar refractivity (Wildman–Crippen MR) is 105 cm³/mol. The van der Waals surface area contributed by atoms with Crippen molar-refractivity contribution in [1.29, 1.82) is 0 Å². The molecule has 1 N–H and O–H groups in total. The summed E-state index contributed by atoms with van der Waals surface area (Å²) in [6, 6.07) is 3.72. The molecule has 0 aromatic carbocycles. The third kappa shape index (κ3) is 4.37. The number of rotatable bonds is 4. The van der Waals surface area contributed by atoms with E-state index in [0.29, 0.717) is 11.7 Å². The van der Waals surface area contributed by atoms with E-state index in [2.05, 4.69) is 20.2 Å². The SMILES string of the molecule is O=C(Nc1nc(CN2CCOCC2)cs1)C(=O)N1CCCC1c1ccncc1. The van der Waals surface area contributed by atoms with E-state index in [9.17, 15) is 9.59 Å². The topological polar surface area (TPSA) is 87.7 Å². The molecule has 0 aliphatic carbocycles. The molecule has 8 nitrogen and oxygen atoms in total. The minimum atomic E-state index is -0.631. The molecule has 148 valence electrons. The lowest BCUT2D eigenvalue weighted by Crippen LogP contribution is -2.39. The fraction of sp³-hybridized carbons (Fsp3) is 0.474. The Morgan fingerprint density at radius 1 is 1.21 bits per heavy atom. The van der Waals surface area contributed by atoms with Gasteiger partial charge in [-0.25, -0.2) is 4.98 Å². The van der Waals surface area contributed by atoms with E-state index in [4.69, 9.17) is 4.74 Å². The van der Waals surface area contributed by atoms with Crippen molar-refractivity contribution in [3.05, 3.63) is 41.2 Å². The second-order valence-electron chi connectivity index (χ2n) is 6.92. The first-order valence-electron chi connectivity index (χ1n) is 9.47. The lowest BCUT2D eigenvalue weighted by molar-refractivity contribution is -0.143. The average Bonchev–Trinajstić information content (AvgIpc) is 3.38. The number of hydrogen-bond acceptors (Lipinski definition) is 7. The van der Waals surface area contributed by atoms with Crippen LogP contribution in [0.1, 0.15) is 30.1 Å². The van der Waals surface area contributed by atoms with Gasteiger partial charge in [0.15, 0.2) is 5.13 Å². The Morgan fingerprint density at radius 2 is 2.00 bits per heavy atom. The molecule has 4 rings (SSSR count). The summed E-state index contributed by atoms with van der Waals surface area (Å²) in [4.78, 5) is 37.6. The van der Waals surface area contributed by atoms with Gasteiger partial charge in [-0.2, -0.15) is 0 Å². The molecule has 2 aromatic heterocycles. The van der Waals surface area contributed by atoms with Crippen molar-refractivity contribution in [2.24, 2.45) is 0 Å². The molecule has 2 aliphatic rings. The normalized spacial score (nSPS) is 20.3. The van der Waals surface area contributed by atoms with E-state index in [0.717, 1.165) is 56.9 Å². The standard InChI is InChI=1S/C19H23N5O3S/c25-17(18(26)24-7-1-2-16(24)14-3-5-20-6-4-14)22-19-21-15(13-28-19)12-23-8-10-27-11-9-23/h3-6,13,16H,1-2,7-12H2,(H,21,22,25). The molecule has 2 aromatic rings. The molecule has 0 bridgehead atoms. The van der Waals surface area contributed by atoms with Gasteiger partial charge in [0.1, 0.15) is 0 Å². The Balaban J connectivity index is 1.36. The molecule has 0 spiro atoms. The largest absolute Gasteiger partial charge is 0.379 e. The number of thiazole rings is 1. The Bertz CT molecular complexity index is 822. The van der Waals surface area contributed by atoms with Gasteiger partial charge in [-0.15, -0.1) is 11.3 Å². The Hall–Kier alpha value is -2.36.